The SMILES string of the molecule is C1=C(c2ccc(OCC3CC3)c(OC3Cc4ccccc4C3)c2)NOC12CCOC2. The first-order chi connectivity index (χ1) is 14.8. The van der Waals surface area contributed by atoms with Crippen molar-refractivity contribution in [1.29, 1.82) is 0 Å². The summed E-state index contributed by atoms with van der Waals surface area (Å²) in [7, 11) is 0. The molecule has 5 nitrogen and oxygen atoms in total. The first kappa shape index (κ1) is 18.3. The lowest BCUT2D eigenvalue weighted by Gasteiger charge is -2.18. The average Bonchev–Trinajstić information content (AvgIpc) is 3.14. The van der Waals surface area contributed by atoms with Crippen LogP contribution in [-0.4, -0.2) is 31.5 Å². The Hall–Kier alpha value is -2.50. The van der Waals surface area contributed by atoms with E-state index >= 15 is 0 Å². The van der Waals surface area contributed by atoms with Gasteiger partial charge >= 0.3 is 0 Å². The van der Waals surface area contributed by atoms with E-state index in [1.807, 2.05) is 6.07 Å². The molecule has 0 radical (unpaired) electrons. The Morgan fingerprint density at radius 2 is 1.87 bits per heavy atom. The van der Waals surface area contributed by atoms with E-state index in [4.69, 9.17) is 19.0 Å². The molecule has 1 spiro atoms. The highest BCUT2D eigenvalue weighted by Crippen LogP contribution is 2.38. The molecule has 156 valence electrons. The van der Waals surface area contributed by atoms with Gasteiger partial charge in [-0.05, 0) is 54.2 Å². The van der Waals surface area contributed by atoms with Crippen LogP contribution in [0.3, 0.4) is 0 Å². The topological polar surface area (TPSA) is 49.0 Å². The van der Waals surface area contributed by atoms with Gasteiger partial charge < -0.3 is 14.2 Å². The Kier molecular flexibility index (Phi) is 4.46. The molecular weight excluding hydrogens is 378 g/mol. The van der Waals surface area contributed by atoms with E-state index in [0.29, 0.717) is 12.5 Å². The normalized spacial score (nSPS) is 25.3. The summed E-state index contributed by atoms with van der Waals surface area (Å²) in [6, 6.07) is 14.8. The second kappa shape index (κ2) is 7.33. The van der Waals surface area contributed by atoms with E-state index in [2.05, 4.69) is 48.0 Å². The van der Waals surface area contributed by atoms with Crippen LogP contribution in [0.1, 0.15) is 36.0 Å². The van der Waals surface area contributed by atoms with Crippen molar-refractivity contribution < 1.29 is 19.0 Å². The second-order valence-corrected chi connectivity index (χ2v) is 8.96. The molecule has 2 aliphatic carbocycles. The highest BCUT2D eigenvalue weighted by molar-refractivity contribution is 5.68. The number of fused-ring (bicyclic) bond motifs is 1. The number of benzene rings is 2. The van der Waals surface area contributed by atoms with Crippen molar-refractivity contribution in [3.8, 4) is 11.5 Å². The molecule has 2 aromatic carbocycles. The summed E-state index contributed by atoms with van der Waals surface area (Å²) >= 11 is 0. The van der Waals surface area contributed by atoms with Crippen LogP contribution in [0.2, 0.25) is 0 Å². The van der Waals surface area contributed by atoms with E-state index in [-0.39, 0.29) is 11.7 Å². The summed E-state index contributed by atoms with van der Waals surface area (Å²) in [6.45, 7) is 2.09. The molecule has 1 unspecified atom stereocenters. The Morgan fingerprint density at radius 1 is 1.03 bits per heavy atom. The molecule has 6 rings (SSSR count). The molecule has 4 aliphatic rings. The van der Waals surface area contributed by atoms with Gasteiger partial charge in [0, 0.05) is 31.4 Å². The summed E-state index contributed by atoms with van der Waals surface area (Å²) in [5, 5.41) is 0. The van der Waals surface area contributed by atoms with Crippen molar-refractivity contribution in [3.63, 3.8) is 0 Å². The molecule has 2 fully saturated rings. The minimum absolute atomic E-state index is 0.136. The van der Waals surface area contributed by atoms with Gasteiger partial charge in [-0.1, -0.05) is 24.3 Å². The van der Waals surface area contributed by atoms with Crippen LogP contribution in [0.15, 0.2) is 48.5 Å². The lowest BCUT2D eigenvalue weighted by atomic mass is 10.0. The number of hydrogen-bond donors (Lipinski definition) is 1. The number of hydroxylamine groups is 1. The van der Waals surface area contributed by atoms with Crippen LogP contribution in [0.4, 0.5) is 0 Å². The van der Waals surface area contributed by atoms with Gasteiger partial charge in [0.05, 0.1) is 18.9 Å². The Labute approximate surface area is 176 Å². The largest absolute Gasteiger partial charge is 0.489 e. The number of hydrogen-bond acceptors (Lipinski definition) is 5. The maximum Gasteiger partial charge on any atom is 0.162 e. The standard InChI is InChI=1S/C25H27NO4/c1-2-4-19-12-21(11-18(19)3-1)29-24-13-20(7-8-23(24)28-15-17-5-6-17)22-14-25(30-26-22)9-10-27-16-25/h1-4,7-8,13-14,17,21,26H,5-6,9-12,15-16H2. The Bertz CT molecular complexity index is 950. The first-order valence-electron chi connectivity index (χ1n) is 11.0. The van der Waals surface area contributed by atoms with E-state index in [1.165, 1.54) is 24.0 Å². The molecule has 1 saturated heterocycles. The van der Waals surface area contributed by atoms with Crippen LogP contribution in [0.5, 0.6) is 11.5 Å². The van der Waals surface area contributed by atoms with Crippen molar-refractivity contribution in [1.82, 2.24) is 5.48 Å². The van der Waals surface area contributed by atoms with Gasteiger partial charge in [0.1, 0.15) is 11.7 Å². The van der Waals surface area contributed by atoms with E-state index in [0.717, 1.165) is 55.2 Å². The lowest BCUT2D eigenvalue weighted by Crippen LogP contribution is -2.29. The molecule has 1 N–H and O–H groups in total. The van der Waals surface area contributed by atoms with Crippen molar-refractivity contribution in [2.24, 2.45) is 5.92 Å². The average molecular weight is 405 g/mol. The van der Waals surface area contributed by atoms with Gasteiger partial charge in [0.15, 0.2) is 11.5 Å². The van der Waals surface area contributed by atoms with Gasteiger partial charge in [-0.2, -0.15) is 0 Å². The molecule has 0 bridgehead atoms. The lowest BCUT2D eigenvalue weighted by molar-refractivity contribution is -0.0373. The third-order valence-corrected chi connectivity index (χ3v) is 6.52. The fourth-order valence-electron chi connectivity index (χ4n) is 4.54. The highest BCUT2D eigenvalue weighted by atomic mass is 16.7. The van der Waals surface area contributed by atoms with Crippen molar-refractivity contribution in [3.05, 3.63) is 65.2 Å². The number of nitrogens with one attached hydrogen (secondary N) is 1. The smallest absolute Gasteiger partial charge is 0.162 e. The fourth-order valence-corrected chi connectivity index (χ4v) is 4.54. The van der Waals surface area contributed by atoms with Gasteiger partial charge in [-0.25, -0.2) is 0 Å². The zero-order valence-corrected chi connectivity index (χ0v) is 17.1. The molecule has 2 aliphatic heterocycles. The monoisotopic (exact) mass is 405 g/mol. The quantitative estimate of drug-likeness (QED) is 0.786. The highest BCUT2D eigenvalue weighted by Gasteiger charge is 2.39. The van der Waals surface area contributed by atoms with Crippen molar-refractivity contribution in [2.45, 2.75) is 43.8 Å². The maximum absolute atomic E-state index is 6.51. The molecule has 0 amide bonds. The third kappa shape index (κ3) is 3.57. The van der Waals surface area contributed by atoms with Gasteiger partial charge in [0.25, 0.3) is 0 Å². The van der Waals surface area contributed by atoms with Crippen molar-refractivity contribution >= 4 is 5.70 Å². The van der Waals surface area contributed by atoms with E-state index < -0.39 is 0 Å². The fraction of sp³-hybridized carbons (Fsp3) is 0.440. The maximum atomic E-state index is 6.51. The summed E-state index contributed by atoms with van der Waals surface area (Å²) in [6.07, 6.45) is 7.57. The molecule has 2 heterocycles. The molecule has 5 heteroatoms. The zero-order valence-electron chi connectivity index (χ0n) is 17.1. The summed E-state index contributed by atoms with van der Waals surface area (Å²) in [5.41, 5.74) is 7.54. The molecule has 2 aromatic rings. The second-order valence-electron chi connectivity index (χ2n) is 8.96. The van der Waals surface area contributed by atoms with Crippen LogP contribution in [0, 0.1) is 5.92 Å². The van der Waals surface area contributed by atoms with Gasteiger partial charge in [-0.3, -0.25) is 10.3 Å². The van der Waals surface area contributed by atoms with Gasteiger partial charge in [0.2, 0.25) is 0 Å². The molecule has 0 aromatic heterocycles. The predicted octanol–water partition coefficient (Wildman–Crippen LogP) is 4.06. The minimum Gasteiger partial charge on any atom is -0.489 e. The zero-order chi connectivity index (χ0) is 20.0. The van der Waals surface area contributed by atoms with Gasteiger partial charge in [-0.15, -0.1) is 0 Å². The van der Waals surface area contributed by atoms with Crippen LogP contribution in [-0.2, 0) is 22.4 Å². The summed E-state index contributed by atoms with van der Waals surface area (Å²) in [5.74, 6) is 2.35. The Balaban J connectivity index is 1.26. The van der Waals surface area contributed by atoms with Crippen LogP contribution < -0.4 is 15.0 Å². The number of ether oxygens (including phenoxy) is 3. The van der Waals surface area contributed by atoms with Crippen LogP contribution in [0.25, 0.3) is 5.70 Å². The minimum atomic E-state index is -0.343. The van der Waals surface area contributed by atoms with E-state index in [9.17, 15) is 0 Å². The Morgan fingerprint density at radius 3 is 2.60 bits per heavy atom. The first-order valence-corrected chi connectivity index (χ1v) is 11.0. The molecular formula is C25H27NO4. The summed E-state index contributed by atoms with van der Waals surface area (Å²) in [4.78, 5) is 5.86. The molecule has 1 saturated carbocycles. The van der Waals surface area contributed by atoms with Crippen molar-refractivity contribution in [2.75, 3.05) is 19.8 Å². The summed E-state index contributed by atoms with van der Waals surface area (Å²) < 4.78 is 18.2. The predicted molar refractivity (Wildman–Crippen MR) is 113 cm³/mol. The molecule has 1 atom stereocenters. The number of rotatable bonds is 6. The molecule has 30 heavy (non-hydrogen) atoms. The van der Waals surface area contributed by atoms with E-state index in [1.54, 1.807) is 0 Å². The third-order valence-electron chi connectivity index (χ3n) is 6.52. The van der Waals surface area contributed by atoms with Crippen LogP contribution >= 0.6 is 0 Å².